The summed E-state index contributed by atoms with van der Waals surface area (Å²) in [7, 11) is 1.69. The number of carbonyl (C=O) groups excluding carboxylic acids is 1. The number of rotatable bonds is 5. The van der Waals surface area contributed by atoms with Gasteiger partial charge in [0.2, 0.25) is 5.91 Å². The number of fused-ring (bicyclic) bond motifs is 1. The molecule has 0 atom stereocenters. The van der Waals surface area contributed by atoms with Gasteiger partial charge in [0, 0.05) is 17.2 Å². The summed E-state index contributed by atoms with van der Waals surface area (Å²) in [6.07, 6.45) is 4.20. The molecule has 1 amide bonds. The highest BCUT2D eigenvalue weighted by atomic mass is 32.1. The van der Waals surface area contributed by atoms with Crippen LogP contribution >= 0.6 is 11.3 Å². The van der Waals surface area contributed by atoms with Crippen LogP contribution in [-0.4, -0.2) is 19.6 Å². The zero-order valence-electron chi connectivity index (χ0n) is 11.6. The molecule has 1 aliphatic rings. The van der Waals surface area contributed by atoms with Gasteiger partial charge in [-0.1, -0.05) is 6.42 Å². The third kappa shape index (κ3) is 2.66. The van der Waals surface area contributed by atoms with E-state index < -0.39 is 0 Å². The zero-order chi connectivity index (χ0) is 13.9. The van der Waals surface area contributed by atoms with E-state index in [1.165, 1.54) is 22.1 Å². The highest BCUT2D eigenvalue weighted by Crippen LogP contribution is 2.30. The molecule has 1 aromatic carbocycles. The molecule has 3 nitrogen and oxygen atoms in total. The average molecular weight is 289 g/mol. The van der Waals surface area contributed by atoms with Gasteiger partial charge in [0.1, 0.15) is 5.75 Å². The lowest BCUT2D eigenvalue weighted by molar-refractivity contribution is -0.127. The van der Waals surface area contributed by atoms with Crippen molar-refractivity contribution in [3.05, 3.63) is 29.1 Å². The molecule has 2 aromatic rings. The molecule has 1 saturated carbocycles. The summed E-state index contributed by atoms with van der Waals surface area (Å²) in [4.78, 5) is 11.8. The van der Waals surface area contributed by atoms with E-state index in [-0.39, 0.29) is 11.8 Å². The van der Waals surface area contributed by atoms with E-state index in [0.29, 0.717) is 0 Å². The van der Waals surface area contributed by atoms with Gasteiger partial charge in [-0.2, -0.15) is 0 Å². The molecule has 0 bridgehead atoms. The Balaban J connectivity index is 1.63. The molecule has 1 aromatic heterocycles. The third-order valence-electron chi connectivity index (χ3n) is 4.03. The Morgan fingerprint density at radius 1 is 1.45 bits per heavy atom. The van der Waals surface area contributed by atoms with E-state index in [9.17, 15) is 4.79 Å². The van der Waals surface area contributed by atoms with Gasteiger partial charge < -0.3 is 10.1 Å². The summed E-state index contributed by atoms with van der Waals surface area (Å²) in [6, 6.07) is 6.16. The molecule has 106 valence electrons. The van der Waals surface area contributed by atoms with Crippen LogP contribution in [0.25, 0.3) is 10.1 Å². The molecule has 3 rings (SSSR count). The van der Waals surface area contributed by atoms with Gasteiger partial charge in [-0.3, -0.25) is 4.79 Å². The quantitative estimate of drug-likeness (QED) is 0.916. The molecule has 1 fully saturated rings. The largest absolute Gasteiger partial charge is 0.497 e. The van der Waals surface area contributed by atoms with Crippen LogP contribution in [-0.2, 0) is 11.2 Å². The Labute approximate surface area is 122 Å². The molecule has 0 spiro atoms. The van der Waals surface area contributed by atoms with E-state index in [4.69, 9.17) is 4.74 Å². The minimum Gasteiger partial charge on any atom is -0.497 e. The van der Waals surface area contributed by atoms with E-state index in [0.717, 1.165) is 31.6 Å². The van der Waals surface area contributed by atoms with Crippen LogP contribution in [0.15, 0.2) is 23.6 Å². The predicted molar refractivity (Wildman–Crippen MR) is 82.4 cm³/mol. The van der Waals surface area contributed by atoms with Crippen LogP contribution in [0.5, 0.6) is 5.75 Å². The molecule has 1 aliphatic carbocycles. The minimum absolute atomic E-state index is 0.230. The lowest BCUT2D eigenvalue weighted by Crippen LogP contribution is -2.35. The van der Waals surface area contributed by atoms with Crippen LogP contribution in [0, 0.1) is 5.92 Å². The SMILES string of the molecule is COc1ccc2scc(CCNC(=O)C3CCC3)c2c1. The van der Waals surface area contributed by atoms with Crippen molar-refractivity contribution in [2.24, 2.45) is 5.92 Å². The second-order valence-corrected chi connectivity index (χ2v) is 6.20. The van der Waals surface area contributed by atoms with Crippen molar-refractivity contribution in [2.75, 3.05) is 13.7 Å². The molecule has 1 heterocycles. The molecule has 1 N–H and O–H groups in total. The van der Waals surface area contributed by atoms with Gasteiger partial charge in [0.05, 0.1) is 7.11 Å². The Morgan fingerprint density at radius 3 is 3.00 bits per heavy atom. The molecule has 4 heteroatoms. The number of benzene rings is 1. The molecule has 0 radical (unpaired) electrons. The summed E-state index contributed by atoms with van der Waals surface area (Å²) >= 11 is 1.75. The van der Waals surface area contributed by atoms with E-state index in [2.05, 4.69) is 22.8 Å². The van der Waals surface area contributed by atoms with Crippen LogP contribution < -0.4 is 10.1 Å². The monoisotopic (exact) mass is 289 g/mol. The first kappa shape index (κ1) is 13.4. The first-order chi connectivity index (χ1) is 9.78. The lowest BCUT2D eigenvalue weighted by Gasteiger charge is -2.23. The van der Waals surface area contributed by atoms with Crippen molar-refractivity contribution in [2.45, 2.75) is 25.7 Å². The number of ether oxygens (including phenoxy) is 1. The summed E-state index contributed by atoms with van der Waals surface area (Å²) < 4.78 is 6.55. The van der Waals surface area contributed by atoms with Gasteiger partial charge in [0.25, 0.3) is 0 Å². The zero-order valence-corrected chi connectivity index (χ0v) is 12.5. The molecular formula is C16H19NO2S. The van der Waals surface area contributed by atoms with E-state index in [1.807, 2.05) is 6.07 Å². The predicted octanol–water partition coefficient (Wildman–Crippen LogP) is 3.37. The van der Waals surface area contributed by atoms with Gasteiger partial charge in [0.15, 0.2) is 0 Å². The van der Waals surface area contributed by atoms with Gasteiger partial charge in [-0.25, -0.2) is 0 Å². The second kappa shape index (κ2) is 5.83. The summed E-state index contributed by atoms with van der Waals surface area (Å²) in [5.74, 6) is 1.39. The fraction of sp³-hybridized carbons (Fsp3) is 0.438. The Morgan fingerprint density at radius 2 is 2.30 bits per heavy atom. The Hall–Kier alpha value is -1.55. The van der Waals surface area contributed by atoms with Crippen molar-refractivity contribution >= 4 is 27.3 Å². The van der Waals surface area contributed by atoms with Crippen molar-refractivity contribution in [1.29, 1.82) is 0 Å². The summed E-state index contributed by atoms with van der Waals surface area (Å²) in [6.45, 7) is 0.721. The van der Waals surface area contributed by atoms with Crippen LogP contribution in [0.3, 0.4) is 0 Å². The van der Waals surface area contributed by atoms with E-state index in [1.54, 1.807) is 18.4 Å². The maximum absolute atomic E-state index is 11.8. The number of carbonyl (C=O) groups is 1. The molecule has 0 saturated heterocycles. The first-order valence-corrected chi connectivity index (χ1v) is 7.97. The standard InChI is InChI=1S/C16H19NO2S/c1-19-13-5-6-15-14(9-13)12(10-20-15)7-8-17-16(18)11-3-2-4-11/h5-6,9-11H,2-4,7-8H2,1H3,(H,17,18). The van der Waals surface area contributed by atoms with Crippen LogP contribution in [0.1, 0.15) is 24.8 Å². The summed E-state index contributed by atoms with van der Waals surface area (Å²) in [5.41, 5.74) is 1.29. The molecule has 0 aliphatic heterocycles. The number of hydrogen-bond donors (Lipinski definition) is 1. The molecule has 20 heavy (non-hydrogen) atoms. The average Bonchev–Trinajstić information content (AvgIpc) is 2.79. The van der Waals surface area contributed by atoms with E-state index >= 15 is 0 Å². The van der Waals surface area contributed by atoms with Gasteiger partial charge in [-0.15, -0.1) is 11.3 Å². The Bertz CT molecular complexity index is 616. The van der Waals surface area contributed by atoms with Gasteiger partial charge >= 0.3 is 0 Å². The number of nitrogens with one attached hydrogen (secondary N) is 1. The lowest BCUT2D eigenvalue weighted by atomic mass is 9.85. The third-order valence-corrected chi connectivity index (χ3v) is 5.04. The van der Waals surface area contributed by atoms with Crippen molar-refractivity contribution < 1.29 is 9.53 Å². The topological polar surface area (TPSA) is 38.3 Å². The van der Waals surface area contributed by atoms with Crippen molar-refractivity contribution in [3.8, 4) is 5.75 Å². The minimum atomic E-state index is 0.230. The first-order valence-electron chi connectivity index (χ1n) is 7.10. The normalized spacial score (nSPS) is 15.1. The van der Waals surface area contributed by atoms with Crippen LogP contribution in [0.4, 0.5) is 0 Å². The van der Waals surface area contributed by atoms with Crippen LogP contribution in [0.2, 0.25) is 0 Å². The number of thiophene rings is 1. The highest BCUT2D eigenvalue weighted by Gasteiger charge is 2.24. The molecule has 0 unspecified atom stereocenters. The highest BCUT2D eigenvalue weighted by molar-refractivity contribution is 7.17. The van der Waals surface area contributed by atoms with Crippen molar-refractivity contribution in [1.82, 2.24) is 5.32 Å². The second-order valence-electron chi connectivity index (χ2n) is 5.29. The smallest absolute Gasteiger partial charge is 0.223 e. The fourth-order valence-electron chi connectivity index (χ4n) is 2.52. The van der Waals surface area contributed by atoms with Gasteiger partial charge in [-0.05, 0) is 53.8 Å². The Kier molecular flexibility index (Phi) is 3.92. The summed E-state index contributed by atoms with van der Waals surface area (Å²) in [5, 5.41) is 6.47. The van der Waals surface area contributed by atoms with Crippen molar-refractivity contribution in [3.63, 3.8) is 0 Å². The number of hydrogen-bond acceptors (Lipinski definition) is 3. The number of amides is 1. The molecular weight excluding hydrogens is 270 g/mol. The fourth-order valence-corrected chi connectivity index (χ4v) is 3.49. The maximum Gasteiger partial charge on any atom is 0.223 e. The number of methoxy groups -OCH3 is 1. The maximum atomic E-state index is 11.8.